The van der Waals surface area contributed by atoms with Crippen LogP contribution in [-0.4, -0.2) is 43.1 Å². The Kier molecular flexibility index (Phi) is 7.93. The van der Waals surface area contributed by atoms with Gasteiger partial charge in [-0.2, -0.15) is 13.2 Å². The highest BCUT2D eigenvalue weighted by Gasteiger charge is 2.29. The predicted molar refractivity (Wildman–Crippen MR) is 116 cm³/mol. The topological polar surface area (TPSA) is 65.5 Å². The van der Waals surface area contributed by atoms with Gasteiger partial charge in [-0.3, -0.25) is 0 Å². The van der Waals surface area contributed by atoms with Gasteiger partial charge in [0.2, 0.25) is 0 Å². The molecule has 0 saturated heterocycles. The van der Waals surface area contributed by atoms with E-state index in [4.69, 9.17) is 9.47 Å². The van der Waals surface area contributed by atoms with Crippen LogP contribution in [0.15, 0.2) is 30.3 Å². The van der Waals surface area contributed by atoms with E-state index in [1.165, 1.54) is 25.3 Å². The molecule has 0 atom stereocenters. The second-order valence-corrected chi connectivity index (χ2v) is 7.68. The van der Waals surface area contributed by atoms with Crippen LogP contribution < -0.4 is 14.8 Å². The van der Waals surface area contributed by atoms with Crippen LogP contribution in [0.1, 0.15) is 23.9 Å². The van der Waals surface area contributed by atoms with Crippen LogP contribution in [0.25, 0.3) is 10.9 Å². The van der Waals surface area contributed by atoms with E-state index in [9.17, 15) is 26.3 Å². The number of benzene rings is 2. The maximum Gasteiger partial charge on any atom is 0.411 e. The van der Waals surface area contributed by atoms with Crippen molar-refractivity contribution < 1.29 is 40.6 Å². The molecule has 190 valence electrons. The highest BCUT2D eigenvalue weighted by Crippen LogP contribution is 2.35. The fourth-order valence-electron chi connectivity index (χ4n) is 3.29. The summed E-state index contributed by atoms with van der Waals surface area (Å²) in [7, 11) is 1.39. The lowest BCUT2D eigenvalue weighted by molar-refractivity contribution is -0.175. The molecule has 0 unspecified atom stereocenters. The predicted octanol–water partition coefficient (Wildman–Crippen LogP) is 5.77. The van der Waals surface area contributed by atoms with Crippen LogP contribution in [0.2, 0.25) is 0 Å². The van der Waals surface area contributed by atoms with Gasteiger partial charge in [-0.15, -0.1) is 0 Å². The molecule has 0 radical (unpaired) electrons. The van der Waals surface area contributed by atoms with Crippen LogP contribution in [0.5, 0.6) is 11.5 Å². The van der Waals surface area contributed by atoms with Crippen molar-refractivity contribution in [2.75, 3.05) is 32.2 Å². The maximum absolute atomic E-state index is 14.6. The first-order valence-electron chi connectivity index (χ1n) is 10.4. The Morgan fingerprint density at radius 2 is 1.74 bits per heavy atom. The van der Waals surface area contributed by atoms with E-state index < -0.39 is 30.1 Å². The van der Waals surface area contributed by atoms with Gasteiger partial charge in [0.25, 0.3) is 5.92 Å². The Morgan fingerprint density at radius 3 is 2.40 bits per heavy atom. The Morgan fingerprint density at radius 1 is 1.00 bits per heavy atom. The summed E-state index contributed by atoms with van der Waals surface area (Å²) >= 11 is 0. The standard InChI is InChI=1S/C23H23F6N3O3/c1-13-31-17-10-18(33-3)19(35-8-7-34-12-23(27,28)29)9-15(17)21(32-13)30-11-14-5-4-6-16(20(14)24)22(2,25)26/h4-6,9-10H,7-8,11-12H2,1-3H3,(H,30,31,32). The highest BCUT2D eigenvalue weighted by molar-refractivity contribution is 5.91. The Balaban J connectivity index is 1.84. The number of methoxy groups -OCH3 is 1. The lowest BCUT2D eigenvalue weighted by Gasteiger charge is -2.16. The van der Waals surface area contributed by atoms with Gasteiger partial charge in [0, 0.05) is 30.5 Å². The first-order chi connectivity index (χ1) is 16.4. The summed E-state index contributed by atoms with van der Waals surface area (Å²) in [4.78, 5) is 8.64. The number of halogens is 6. The van der Waals surface area contributed by atoms with E-state index in [2.05, 4.69) is 20.0 Å². The molecular formula is C23H23F6N3O3. The Hall–Kier alpha value is -3.28. The van der Waals surface area contributed by atoms with Gasteiger partial charge in [-0.05, 0) is 13.0 Å². The van der Waals surface area contributed by atoms with Crippen molar-refractivity contribution in [1.82, 2.24) is 9.97 Å². The third-order valence-electron chi connectivity index (χ3n) is 4.84. The molecule has 3 rings (SSSR count). The number of nitrogens with zero attached hydrogens (tertiary/aromatic N) is 2. The minimum Gasteiger partial charge on any atom is -0.493 e. The van der Waals surface area contributed by atoms with Crippen LogP contribution in [-0.2, 0) is 17.2 Å². The lowest BCUT2D eigenvalue weighted by atomic mass is 10.0. The second-order valence-electron chi connectivity index (χ2n) is 7.68. The molecule has 6 nitrogen and oxygen atoms in total. The normalized spacial score (nSPS) is 12.1. The van der Waals surface area contributed by atoms with E-state index in [0.29, 0.717) is 23.7 Å². The summed E-state index contributed by atoms with van der Waals surface area (Å²) < 4.78 is 94.0. The molecule has 0 aliphatic rings. The van der Waals surface area contributed by atoms with Crippen LogP contribution in [0.3, 0.4) is 0 Å². The summed E-state index contributed by atoms with van der Waals surface area (Å²) in [5.41, 5.74) is -0.249. The first-order valence-corrected chi connectivity index (χ1v) is 10.4. The molecule has 1 N–H and O–H groups in total. The largest absolute Gasteiger partial charge is 0.493 e. The second kappa shape index (κ2) is 10.5. The van der Waals surface area contributed by atoms with Crippen LogP contribution in [0.4, 0.5) is 32.2 Å². The van der Waals surface area contributed by atoms with E-state index in [-0.39, 0.29) is 42.6 Å². The number of hydrogen-bond acceptors (Lipinski definition) is 6. The molecule has 0 bridgehead atoms. The van der Waals surface area contributed by atoms with Gasteiger partial charge in [-0.1, -0.05) is 18.2 Å². The molecule has 0 spiro atoms. The summed E-state index contributed by atoms with van der Waals surface area (Å²) in [6, 6.07) is 6.82. The third kappa shape index (κ3) is 6.87. The number of aromatic nitrogens is 2. The average molecular weight is 503 g/mol. The highest BCUT2D eigenvalue weighted by atomic mass is 19.4. The molecule has 1 aromatic heterocycles. The molecule has 2 aromatic carbocycles. The van der Waals surface area contributed by atoms with Crippen molar-refractivity contribution in [2.45, 2.75) is 32.5 Å². The zero-order valence-corrected chi connectivity index (χ0v) is 19.1. The number of nitrogens with one attached hydrogen (secondary N) is 1. The maximum atomic E-state index is 14.6. The Bertz CT molecular complexity index is 1180. The molecule has 0 aliphatic heterocycles. The quantitative estimate of drug-likeness (QED) is 0.280. The van der Waals surface area contributed by atoms with Gasteiger partial charge in [0.15, 0.2) is 11.5 Å². The van der Waals surface area contributed by atoms with Gasteiger partial charge in [0.05, 0.1) is 24.8 Å². The van der Waals surface area contributed by atoms with Crippen molar-refractivity contribution in [3.05, 3.63) is 53.1 Å². The van der Waals surface area contributed by atoms with Gasteiger partial charge in [-0.25, -0.2) is 23.1 Å². The summed E-state index contributed by atoms with van der Waals surface area (Å²) in [6.07, 6.45) is -4.44. The average Bonchev–Trinajstić information content (AvgIpc) is 2.76. The van der Waals surface area contributed by atoms with Crippen LogP contribution in [0, 0.1) is 12.7 Å². The fourth-order valence-corrected chi connectivity index (χ4v) is 3.29. The van der Waals surface area contributed by atoms with Crippen molar-refractivity contribution >= 4 is 16.7 Å². The molecule has 12 heteroatoms. The van der Waals surface area contributed by atoms with Gasteiger partial charge >= 0.3 is 6.18 Å². The van der Waals surface area contributed by atoms with Crippen molar-refractivity contribution in [1.29, 1.82) is 0 Å². The summed E-state index contributed by atoms with van der Waals surface area (Å²) in [6.45, 7) is 0.221. The number of rotatable bonds is 10. The first kappa shape index (κ1) is 26.3. The van der Waals surface area contributed by atoms with Crippen molar-refractivity contribution in [2.24, 2.45) is 0 Å². The van der Waals surface area contributed by atoms with E-state index in [1.54, 1.807) is 13.0 Å². The zero-order valence-electron chi connectivity index (χ0n) is 19.1. The molecule has 1 heterocycles. The molecule has 3 aromatic rings. The monoisotopic (exact) mass is 503 g/mol. The van der Waals surface area contributed by atoms with Gasteiger partial charge in [0.1, 0.15) is 30.7 Å². The summed E-state index contributed by atoms with van der Waals surface area (Å²) in [5.74, 6) is -3.23. The molecule has 0 saturated carbocycles. The van der Waals surface area contributed by atoms with Crippen molar-refractivity contribution in [3.8, 4) is 11.5 Å². The summed E-state index contributed by atoms with van der Waals surface area (Å²) in [5, 5.41) is 3.38. The minimum absolute atomic E-state index is 0.0141. The smallest absolute Gasteiger partial charge is 0.411 e. The third-order valence-corrected chi connectivity index (χ3v) is 4.84. The number of alkyl halides is 5. The molecule has 0 fully saturated rings. The number of anilines is 1. The van der Waals surface area contributed by atoms with Gasteiger partial charge < -0.3 is 19.5 Å². The number of ether oxygens (including phenoxy) is 3. The number of hydrogen-bond donors (Lipinski definition) is 1. The van der Waals surface area contributed by atoms with Crippen LogP contribution >= 0.6 is 0 Å². The fraction of sp³-hybridized carbons (Fsp3) is 0.391. The van der Waals surface area contributed by atoms with Crippen molar-refractivity contribution in [3.63, 3.8) is 0 Å². The molecule has 35 heavy (non-hydrogen) atoms. The lowest BCUT2D eigenvalue weighted by Crippen LogP contribution is -2.19. The number of fused-ring (bicyclic) bond motifs is 1. The van der Waals surface area contributed by atoms with E-state index >= 15 is 0 Å². The molecule has 0 amide bonds. The van der Waals surface area contributed by atoms with E-state index in [0.717, 1.165) is 6.07 Å². The molecular weight excluding hydrogens is 480 g/mol. The molecule has 0 aliphatic carbocycles. The zero-order chi connectivity index (χ0) is 25.8. The SMILES string of the molecule is COc1cc2nc(C)nc(NCc3cccc(C(C)(F)F)c3F)c2cc1OCCOCC(F)(F)F. The number of aryl methyl sites for hydroxylation is 1. The minimum atomic E-state index is -4.44. The van der Waals surface area contributed by atoms with E-state index in [1.807, 2.05) is 0 Å². The Labute approximate surface area is 197 Å².